The average Bonchev–Trinajstić information content (AvgIpc) is 2.62. The van der Waals surface area contributed by atoms with Crippen molar-refractivity contribution in [3.8, 4) is 0 Å². The van der Waals surface area contributed by atoms with Crippen molar-refractivity contribution < 1.29 is 0 Å². The number of hydrogen-bond acceptors (Lipinski definition) is 2. The van der Waals surface area contributed by atoms with Crippen LogP contribution in [0.2, 0.25) is 0 Å². The van der Waals surface area contributed by atoms with E-state index in [2.05, 4.69) is 29.4 Å². The van der Waals surface area contributed by atoms with Gasteiger partial charge in [0.25, 0.3) is 0 Å². The highest BCUT2D eigenvalue weighted by atomic mass is 15.0. The minimum absolute atomic E-state index is 0.531. The maximum atomic E-state index is 4.38. The number of aliphatic imine (C=N–C) groups is 1. The van der Waals surface area contributed by atoms with Crippen LogP contribution >= 0.6 is 0 Å². The fraction of sp³-hybridized carbons (Fsp3) is 0.727. The number of rotatable bonds is 2. The van der Waals surface area contributed by atoms with E-state index in [1.807, 2.05) is 6.34 Å². The smallest absolute Gasteiger partial charge is 0.0828 e. The summed E-state index contributed by atoms with van der Waals surface area (Å²) in [5, 5.41) is 3.15. The van der Waals surface area contributed by atoms with E-state index in [9.17, 15) is 0 Å². The van der Waals surface area contributed by atoms with Gasteiger partial charge in [-0.1, -0.05) is 19.1 Å². The van der Waals surface area contributed by atoms with E-state index < -0.39 is 0 Å². The first-order valence-corrected chi connectivity index (χ1v) is 5.28. The topological polar surface area (TPSA) is 24.4 Å². The van der Waals surface area contributed by atoms with Crippen molar-refractivity contribution in [1.29, 1.82) is 0 Å². The molecular weight excluding hydrogens is 160 g/mol. The van der Waals surface area contributed by atoms with Gasteiger partial charge in [0.2, 0.25) is 0 Å². The Morgan fingerprint density at radius 2 is 2.31 bits per heavy atom. The van der Waals surface area contributed by atoms with Crippen LogP contribution in [0, 0.1) is 11.8 Å². The van der Waals surface area contributed by atoms with Crippen molar-refractivity contribution in [2.45, 2.75) is 32.2 Å². The standard InChI is InChI=1S/C11H18N2/c1-9-2-4-10(5-3-9)6-11-7-12-8-13-11/h2,4,8-11H,3,5-7H2,1H3,(H,12,13). The molecule has 0 radical (unpaired) electrons. The molecule has 0 aromatic rings. The number of nitrogens with one attached hydrogen (secondary N) is 1. The molecule has 2 heteroatoms. The lowest BCUT2D eigenvalue weighted by atomic mass is 9.86. The zero-order valence-electron chi connectivity index (χ0n) is 8.24. The van der Waals surface area contributed by atoms with Gasteiger partial charge in [0.1, 0.15) is 0 Å². The van der Waals surface area contributed by atoms with Crippen molar-refractivity contribution in [2.75, 3.05) is 6.54 Å². The molecule has 0 saturated heterocycles. The minimum atomic E-state index is 0.531. The zero-order chi connectivity index (χ0) is 9.10. The highest BCUT2D eigenvalue weighted by molar-refractivity contribution is 5.57. The van der Waals surface area contributed by atoms with Gasteiger partial charge in [0, 0.05) is 6.54 Å². The van der Waals surface area contributed by atoms with E-state index >= 15 is 0 Å². The molecule has 72 valence electrons. The molecule has 3 unspecified atom stereocenters. The summed E-state index contributed by atoms with van der Waals surface area (Å²) < 4.78 is 0. The first-order valence-electron chi connectivity index (χ1n) is 5.28. The second kappa shape index (κ2) is 3.95. The molecule has 0 amide bonds. The molecule has 0 spiro atoms. The third kappa shape index (κ3) is 2.33. The van der Waals surface area contributed by atoms with Gasteiger partial charge in [-0.25, -0.2) is 0 Å². The van der Waals surface area contributed by atoms with Crippen LogP contribution in [0.15, 0.2) is 17.1 Å². The second-order valence-electron chi connectivity index (χ2n) is 4.28. The number of hydrogen-bond donors (Lipinski definition) is 1. The number of nitrogens with zero attached hydrogens (tertiary/aromatic N) is 1. The van der Waals surface area contributed by atoms with Crippen LogP contribution in [0.25, 0.3) is 0 Å². The molecule has 13 heavy (non-hydrogen) atoms. The Balaban J connectivity index is 1.81. The van der Waals surface area contributed by atoms with Gasteiger partial charge in [-0.2, -0.15) is 0 Å². The van der Waals surface area contributed by atoms with Gasteiger partial charge < -0.3 is 5.32 Å². The van der Waals surface area contributed by atoms with Crippen molar-refractivity contribution in [3.63, 3.8) is 0 Å². The van der Waals surface area contributed by atoms with Gasteiger partial charge in [-0.05, 0) is 31.1 Å². The Bertz CT molecular complexity index is 220. The summed E-state index contributed by atoms with van der Waals surface area (Å²) in [5.41, 5.74) is 0. The van der Waals surface area contributed by atoms with E-state index in [0.29, 0.717) is 6.04 Å². The fourth-order valence-electron chi connectivity index (χ4n) is 2.11. The molecule has 2 aliphatic rings. The third-order valence-electron chi connectivity index (χ3n) is 3.01. The van der Waals surface area contributed by atoms with Gasteiger partial charge in [-0.15, -0.1) is 0 Å². The van der Waals surface area contributed by atoms with Crippen molar-refractivity contribution in [3.05, 3.63) is 12.2 Å². The molecule has 0 saturated carbocycles. The van der Waals surface area contributed by atoms with Crippen LogP contribution in [0.5, 0.6) is 0 Å². The first kappa shape index (κ1) is 8.79. The van der Waals surface area contributed by atoms with Crippen LogP contribution < -0.4 is 5.32 Å². The Morgan fingerprint density at radius 1 is 1.38 bits per heavy atom. The monoisotopic (exact) mass is 178 g/mol. The molecule has 0 bridgehead atoms. The quantitative estimate of drug-likeness (QED) is 0.642. The molecule has 1 aliphatic heterocycles. The van der Waals surface area contributed by atoms with Crippen molar-refractivity contribution in [1.82, 2.24) is 5.32 Å². The lowest BCUT2D eigenvalue weighted by Crippen LogP contribution is -2.19. The summed E-state index contributed by atoms with van der Waals surface area (Å²) in [5.74, 6) is 1.57. The second-order valence-corrected chi connectivity index (χ2v) is 4.28. The Labute approximate surface area is 80.1 Å². The fourth-order valence-corrected chi connectivity index (χ4v) is 2.11. The molecular formula is C11H18N2. The summed E-state index contributed by atoms with van der Waals surface area (Å²) >= 11 is 0. The first-order chi connectivity index (χ1) is 6.34. The van der Waals surface area contributed by atoms with E-state index in [4.69, 9.17) is 0 Å². The van der Waals surface area contributed by atoms with Crippen LogP contribution in [-0.2, 0) is 0 Å². The average molecular weight is 178 g/mol. The van der Waals surface area contributed by atoms with Gasteiger partial charge >= 0.3 is 0 Å². The molecule has 1 aliphatic carbocycles. The highest BCUT2D eigenvalue weighted by Crippen LogP contribution is 2.25. The lowest BCUT2D eigenvalue weighted by Gasteiger charge is -2.21. The van der Waals surface area contributed by atoms with Gasteiger partial charge in [-0.3, -0.25) is 4.99 Å². The molecule has 2 rings (SSSR count). The molecule has 0 fully saturated rings. The van der Waals surface area contributed by atoms with Crippen LogP contribution in [0.3, 0.4) is 0 Å². The number of allylic oxidation sites excluding steroid dienone is 2. The van der Waals surface area contributed by atoms with Gasteiger partial charge in [0.05, 0.1) is 12.4 Å². The van der Waals surface area contributed by atoms with E-state index in [0.717, 1.165) is 18.4 Å². The summed E-state index contributed by atoms with van der Waals surface area (Å²) in [6.07, 6.45) is 10.5. The summed E-state index contributed by atoms with van der Waals surface area (Å²) in [4.78, 5) is 4.38. The summed E-state index contributed by atoms with van der Waals surface area (Å²) in [6, 6.07) is 0.531. The Kier molecular flexibility index (Phi) is 2.67. The normalized spacial score (nSPS) is 37.8. The molecule has 2 nitrogen and oxygen atoms in total. The molecule has 1 heterocycles. The SMILES string of the molecule is CC1C=CC(CC2CNC=N2)CC1. The van der Waals surface area contributed by atoms with Crippen LogP contribution in [-0.4, -0.2) is 18.9 Å². The highest BCUT2D eigenvalue weighted by Gasteiger charge is 2.18. The van der Waals surface area contributed by atoms with E-state index in [-0.39, 0.29) is 0 Å². The van der Waals surface area contributed by atoms with Gasteiger partial charge in [0.15, 0.2) is 0 Å². The molecule has 1 N–H and O–H groups in total. The van der Waals surface area contributed by atoms with Crippen LogP contribution in [0.1, 0.15) is 26.2 Å². The third-order valence-corrected chi connectivity index (χ3v) is 3.01. The lowest BCUT2D eigenvalue weighted by molar-refractivity contribution is 0.425. The zero-order valence-corrected chi connectivity index (χ0v) is 8.24. The maximum Gasteiger partial charge on any atom is 0.0828 e. The van der Waals surface area contributed by atoms with Crippen LogP contribution in [0.4, 0.5) is 0 Å². The largest absolute Gasteiger partial charge is 0.374 e. The summed E-state index contributed by atoms with van der Waals surface area (Å²) in [6.45, 7) is 3.34. The predicted octanol–water partition coefficient (Wildman–Crippen LogP) is 1.98. The summed E-state index contributed by atoms with van der Waals surface area (Å²) in [7, 11) is 0. The van der Waals surface area contributed by atoms with Crippen molar-refractivity contribution >= 4 is 6.34 Å². The predicted molar refractivity (Wildman–Crippen MR) is 55.9 cm³/mol. The van der Waals surface area contributed by atoms with Crippen molar-refractivity contribution in [2.24, 2.45) is 16.8 Å². The molecule has 0 aromatic heterocycles. The Morgan fingerprint density at radius 3 is 2.92 bits per heavy atom. The molecule has 0 aromatic carbocycles. The van der Waals surface area contributed by atoms with E-state index in [1.165, 1.54) is 19.3 Å². The minimum Gasteiger partial charge on any atom is -0.374 e. The Hall–Kier alpha value is -0.790. The maximum absolute atomic E-state index is 4.38. The molecule has 3 atom stereocenters. The van der Waals surface area contributed by atoms with E-state index in [1.54, 1.807) is 0 Å².